The summed E-state index contributed by atoms with van der Waals surface area (Å²) in [6, 6.07) is 19.3. The zero-order valence-corrected chi connectivity index (χ0v) is 22.0. The minimum absolute atomic E-state index is 0.0388. The molecule has 7 nitrogen and oxygen atoms in total. The van der Waals surface area contributed by atoms with Crippen LogP contribution in [-0.4, -0.2) is 65.4 Å². The lowest BCUT2D eigenvalue weighted by Gasteiger charge is -2.30. The molecule has 2 amide bonds. The largest absolute Gasteiger partial charge is 0.484 e. The average molecular weight is 501 g/mol. The standard InChI is InChI=1S/C30H36N4O3/c1-23(2)32-17-8-18-34(28(35)22-37-27-11-5-4-6-12-27)29-24(3)9-7-10-26(29)21-33(20-19-32)30(36)25-13-15-31-16-14-25/h4-7,9-16,23H,8,17-22H2,1-3H3. The van der Waals surface area contributed by atoms with E-state index in [9.17, 15) is 9.59 Å². The predicted octanol–water partition coefficient (Wildman–Crippen LogP) is 4.56. The predicted molar refractivity (Wildman–Crippen MR) is 146 cm³/mol. The SMILES string of the molecule is Cc1cccc2c1N(C(=O)COc1ccccc1)CCCN(C(C)C)CCN(C(=O)c1ccncc1)C2. The van der Waals surface area contributed by atoms with Gasteiger partial charge in [-0.15, -0.1) is 0 Å². The van der Waals surface area contributed by atoms with Crippen LogP contribution in [0.15, 0.2) is 73.1 Å². The Bertz CT molecular complexity index is 1180. The number of fused-ring (bicyclic) bond motifs is 1. The molecule has 3 aromatic rings. The first kappa shape index (κ1) is 26.4. The van der Waals surface area contributed by atoms with Crippen molar-refractivity contribution < 1.29 is 14.3 Å². The zero-order valence-electron chi connectivity index (χ0n) is 22.0. The molecule has 0 bridgehead atoms. The van der Waals surface area contributed by atoms with Gasteiger partial charge < -0.3 is 14.5 Å². The number of anilines is 1. The van der Waals surface area contributed by atoms with Gasteiger partial charge in [-0.25, -0.2) is 0 Å². The van der Waals surface area contributed by atoms with E-state index in [2.05, 4.69) is 23.7 Å². The summed E-state index contributed by atoms with van der Waals surface area (Å²) in [5.74, 6) is 0.531. The molecule has 0 saturated carbocycles. The van der Waals surface area contributed by atoms with Gasteiger partial charge in [-0.2, -0.15) is 0 Å². The second-order valence-electron chi connectivity index (χ2n) is 9.68. The lowest BCUT2D eigenvalue weighted by Crippen LogP contribution is -2.41. The number of aromatic nitrogens is 1. The van der Waals surface area contributed by atoms with Crippen LogP contribution in [0.25, 0.3) is 0 Å². The first-order valence-corrected chi connectivity index (χ1v) is 12.9. The Morgan fingerprint density at radius 2 is 1.68 bits per heavy atom. The normalized spacial score (nSPS) is 15.1. The van der Waals surface area contributed by atoms with E-state index in [-0.39, 0.29) is 18.4 Å². The van der Waals surface area contributed by atoms with Crippen molar-refractivity contribution in [2.24, 2.45) is 0 Å². The summed E-state index contributed by atoms with van der Waals surface area (Å²) >= 11 is 0. The molecule has 0 atom stereocenters. The fourth-order valence-corrected chi connectivity index (χ4v) is 4.78. The lowest BCUT2D eigenvalue weighted by atomic mass is 10.0. The van der Waals surface area contributed by atoms with Crippen LogP contribution in [0.5, 0.6) is 5.75 Å². The summed E-state index contributed by atoms with van der Waals surface area (Å²) in [4.78, 5) is 37.3. The number of carbonyl (C=O) groups is 2. The molecule has 0 N–H and O–H groups in total. The smallest absolute Gasteiger partial charge is 0.264 e. The fraction of sp³-hybridized carbons (Fsp3) is 0.367. The highest BCUT2D eigenvalue weighted by Gasteiger charge is 2.26. The van der Waals surface area contributed by atoms with E-state index in [0.717, 1.165) is 36.3 Å². The molecule has 1 aliphatic heterocycles. The van der Waals surface area contributed by atoms with Crippen molar-refractivity contribution in [3.05, 3.63) is 89.7 Å². The number of hydrogen-bond acceptors (Lipinski definition) is 5. The van der Waals surface area contributed by atoms with Crippen LogP contribution in [0.3, 0.4) is 0 Å². The van der Waals surface area contributed by atoms with E-state index >= 15 is 0 Å². The van der Waals surface area contributed by atoms with Crippen LogP contribution in [0.1, 0.15) is 41.8 Å². The third-order valence-electron chi connectivity index (χ3n) is 6.79. The quantitative estimate of drug-likeness (QED) is 0.514. The Labute approximate surface area is 219 Å². The van der Waals surface area contributed by atoms with E-state index in [1.54, 1.807) is 24.5 Å². The molecule has 0 saturated heterocycles. The van der Waals surface area contributed by atoms with Crippen LogP contribution in [-0.2, 0) is 11.3 Å². The number of nitrogens with zero attached hydrogens (tertiary/aromatic N) is 4. The van der Waals surface area contributed by atoms with Gasteiger partial charge in [0.25, 0.3) is 11.8 Å². The zero-order chi connectivity index (χ0) is 26.2. The van der Waals surface area contributed by atoms with Crippen molar-refractivity contribution in [1.29, 1.82) is 0 Å². The number of pyridine rings is 1. The Morgan fingerprint density at radius 1 is 0.919 bits per heavy atom. The number of amides is 2. The number of hydrogen-bond donors (Lipinski definition) is 0. The van der Waals surface area contributed by atoms with Crippen LogP contribution in [0.4, 0.5) is 5.69 Å². The molecule has 194 valence electrons. The molecular formula is C30H36N4O3. The van der Waals surface area contributed by atoms with Crippen molar-refractivity contribution >= 4 is 17.5 Å². The average Bonchev–Trinajstić information content (AvgIpc) is 2.95. The second kappa shape index (κ2) is 12.5. The van der Waals surface area contributed by atoms with Gasteiger partial charge in [0.2, 0.25) is 0 Å². The van der Waals surface area contributed by atoms with Crippen molar-refractivity contribution in [3.8, 4) is 5.75 Å². The topological polar surface area (TPSA) is 66.0 Å². The molecule has 7 heteroatoms. The van der Waals surface area contributed by atoms with Gasteiger partial charge >= 0.3 is 0 Å². The summed E-state index contributed by atoms with van der Waals surface area (Å²) < 4.78 is 5.83. The van der Waals surface area contributed by atoms with Gasteiger partial charge in [0.1, 0.15) is 5.75 Å². The van der Waals surface area contributed by atoms with Crippen molar-refractivity contribution in [1.82, 2.24) is 14.8 Å². The fourth-order valence-electron chi connectivity index (χ4n) is 4.78. The first-order valence-electron chi connectivity index (χ1n) is 12.9. The number of carbonyl (C=O) groups excluding carboxylic acids is 2. The third kappa shape index (κ3) is 6.74. The van der Waals surface area contributed by atoms with Crippen molar-refractivity contribution in [3.63, 3.8) is 0 Å². The number of para-hydroxylation sites is 2. The molecule has 1 aliphatic rings. The number of benzene rings is 2. The lowest BCUT2D eigenvalue weighted by molar-refractivity contribution is -0.120. The highest BCUT2D eigenvalue weighted by molar-refractivity contribution is 5.97. The number of aryl methyl sites for hydroxylation is 1. The van der Waals surface area contributed by atoms with E-state index < -0.39 is 0 Å². The monoisotopic (exact) mass is 500 g/mol. The molecule has 2 aromatic carbocycles. The van der Waals surface area contributed by atoms with E-state index in [4.69, 9.17) is 4.74 Å². The summed E-state index contributed by atoms with van der Waals surface area (Å²) in [6.45, 7) is 9.49. The Hall–Kier alpha value is -3.71. The van der Waals surface area contributed by atoms with Gasteiger partial charge in [0.15, 0.2) is 6.61 Å². The van der Waals surface area contributed by atoms with Gasteiger partial charge in [-0.05, 0) is 62.6 Å². The van der Waals surface area contributed by atoms with Gasteiger partial charge in [-0.3, -0.25) is 19.5 Å². The van der Waals surface area contributed by atoms with Gasteiger partial charge in [0, 0.05) is 56.7 Å². The molecule has 4 rings (SSSR count). The van der Waals surface area contributed by atoms with Crippen LogP contribution in [0, 0.1) is 6.92 Å². The molecule has 2 heterocycles. The van der Waals surface area contributed by atoms with Crippen LogP contribution < -0.4 is 9.64 Å². The Morgan fingerprint density at radius 3 is 2.41 bits per heavy atom. The van der Waals surface area contributed by atoms with E-state index in [1.165, 1.54) is 0 Å². The third-order valence-corrected chi connectivity index (χ3v) is 6.79. The Balaban J connectivity index is 1.67. The van der Waals surface area contributed by atoms with Crippen LogP contribution in [0.2, 0.25) is 0 Å². The highest BCUT2D eigenvalue weighted by Crippen LogP contribution is 2.28. The molecule has 1 aromatic heterocycles. The summed E-state index contributed by atoms with van der Waals surface area (Å²) in [7, 11) is 0. The van der Waals surface area contributed by atoms with Crippen molar-refractivity contribution in [2.45, 2.75) is 39.8 Å². The highest BCUT2D eigenvalue weighted by atomic mass is 16.5. The Kier molecular flexibility index (Phi) is 8.90. The maximum atomic E-state index is 13.6. The van der Waals surface area contributed by atoms with Gasteiger partial charge in [0.05, 0.1) is 5.69 Å². The molecular weight excluding hydrogens is 464 g/mol. The van der Waals surface area contributed by atoms with Crippen LogP contribution >= 0.6 is 0 Å². The maximum Gasteiger partial charge on any atom is 0.264 e. The molecule has 0 radical (unpaired) electrons. The van der Waals surface area contributed by atoms with Gasteiger partial charge in [-0.1, -0.05) is 36.4 Å². The number of ether oxygens (including phenoxy) is 1. The molecule has 37 heavy (non-hydrogen) atoms. The molecule has 0 spiro atoms. The second-order valence-corrected chi connectivity index (χ2v) is 9.68. The van der Waals surface area contributed by atoms with E-state index in [1.807, 2.05) is 65.3 Å². The maximum absolute atomic E-state index is 13.6. The summed E-state index contributed by atoms with van der Waals surface area (Å²) in [5.41, 5.74) is 3.43. The first-order chi connectivity index (χ1) is 17.9. The minimum Gasteiger partial charge on any atom is -0.484 e. The molecule has 0 unspecified atom stereocenters. The summed E-state index contributed by atoms with van der Waals surface area (Å²) in [5, 5.41) is 0. The number of rotatable bonds is 5. The molecule has 0 aliphatic carbocycles. The van der Waals surface area contributed by atoms with E-state index in [0.29, 0.717) is 37.0 Å². The summed E-state index contributed by atoms with van der Waals surface area (Å²) in [6.07, 6.45) is 4.11. The molecule has 0 fully saturated rings. The minimum atomic E-state index is -0.0956. The van der Waals surface area contributed by atoms with Crippen molar-refractivity contribution in [2.75, 3.05) is 37.7 Å².